The maximum atomic E-state index is 5.58. The summed E-state index contributed by atoms with van der Waals surface area (Å²) in [5.41, 5.74) is 1.01. The lowest BCUT2D eigenvalue weighted by atomic mass is 10.1. The average molecular weight is 280 g/mol. The molecule has 0 amide bonds. The summed E-state index contributed by atoms with van der Waals surface area (Å²) in [6, 6.07) is 5.83. The third-order valence-electron chi connectivity index (χ3n) is 3.42. The normalized spacial score (nSPS) is 16.3. The van der Waals surface area contributed by atoms with Crippen LogP contribution in [0.5, 0.6) is 11.5 Å². The molecule has 19 heavy (non-hydrogen) atoms. The highest BCUT2D eigenvalue weighted by molar-refractivity contribution is 7.80. The van der Waals surface area contributed by atoms with Crippen molar-refractivity contribution in [2.24, 2.45) is 0 Å². The molecule has 0 spiro atoms. The van der Waals surface area contributed by atoms with Crippen LogP contribution in [0, 0.1) is 0 Å². The van der Waals surface area contributed by atoms with Crippen LogP contribution in [0.15, 0.2) is 18.2 Å². The van der Waals surface area contributed by atoms with E-state index in [1.165, 1.54) is 0 Å². The SMILES string of the molecule is COc1ccc(C(=S)N2CCN(C)CC2)cc1OC. The fourth-order valence-electron chi connectivity index (χ4n) is 2.16. The highest BCUT2D eigenvalue weighted by Gasteiger charge is 2.18. The summed E-state index contributed by atoms with van der Waals surface area (Å²) in [6.45, 7) is 4.05. The summed E-state index contributed by atoms with van der Waals surface area (Å²) >= 11 is 5.58. The van der Waals surface area contributed by atoms with E-state index in [1.54, 1.807) is 14.2 Å². The van der Waals surface area contributed by atoms with Gasteiger partial charge in [-0.3, -0.25) is 0 Å². The molecule has 1 aliphatic rings. The van der Waals surface area contributed by atoms with Crippen LogP contribution in [0.1, 0.15) is 5.56 Å². The third kappa shape index (κ3) is 3.16. The van der Waals surface area contributed by atoms with Crippen LogP contribution < -0.4 is 9.47 Å². The Hall–Kier alpha value is -1.33. The zero-order valence-electron chi connectivity index (χ0n) is 11.7. The molecule has 1 saturated heterocycles. The monoisotopic (exact) mass is 280 g/mol. The largest absolute Gasteiger partial charge is 0.493 e. The van der Waals surface area contributed by atoms with E-state index < -0.39 is 0 Å². The van der Waals surface area contributed by atoms with E-state index >= 15 is 0 Å². The molecular weight excluding hydrogens is 260 g/mol. The molecule has 4 nitrogen and oxygen atoms in total. The van der Waals surface area contributed by atoms with Crippen LogP contribution in [-0.4, -0.2) is 62.2 Å². The number of piperazine rings is 1. The molecule has 0 bridgehead atoms. The number of methoxy groups -OCH3 is 2. The second kappa shape index (κ2) is 6.21. The highest BCUT2D eigenvalue weighted by atomic mass is 32.1. The highest BCUT2D eigenvalue weighted by Crippen LogP contribution is 2.28. The summed E-state index contributed by atoms with van der Waals surface area (Å²) in [5, 5.41) is 0. The predicted molar refractivity (Wildman–Crippen MR) is 80.3 cm³/mol. The molecule has 1 aromatic rings. The Labute approximate surface area is 119 Å². The molecule has 5 heteroatoms. The Morgan fingerprint density at radius 2 is 1.68 bits per heavy atom. The van der Waals surface area contributed by atoms with Gasteiger partial charge >= 0.3 is 0 Å². The van der Waals surface area contributed by atoms with Crippen molar-refractivity contribution in [1.29, 1.82) is 0 Å². The van der Waals surface area contributed by atoms with Gasteiger partial charge in [-0.1, -0.05) is 12.2 Å². The third-order valence-corrected chi connectivity index (χ3v) is 3.91. The number of hydrogen-bond donors (Lipinski definition) is 0. The van der Waals surface area contributed by atoms with Crippen molar-refractivity contribution in [3.05, 3.63) is 23.8 Å². The van der Waals surface area contributed by atoms with Crippen LogP contribution in [0.4, 0.5) is 0 Å². The van der Waals surface area contributed by atoms with Gasteiger partial charge in [0, 0.05) is 31.7 Å². The summed E-state index contributed by atoms with van der Waals surface area (Å²) in [4.78, 5) is 5.44. The Kier molecular flexibility index (Phi) is 4.61. The van der Waals surface area contributed by atoms with Crippen molar-refractivity contribution in [2.45, 2.75) is 0 Å². The van der Waals surface area contributed by atoms with Crippen LogP contribution >= 0.6 is 12.2 Å². The average Bonchev–Trinajstić information content (AvgIpc) is 2.46. The first-order valence-electron chi connectivity index (χ1n) is 6.35. The van der Waals surface area contributed by atoms with Crippen molar-refractivity contribution in [3.8, 4) is 11.5 Å². The Bertz CT molecular complexity index is 457. The van der Waals surface area contributed by atoms with E-state index in [2.05, 4.69) is 16.8 Å². The molecule has 1 aliphatic heterocycles. The summed E-state index contributed by atoms with van der Waals surface area (Å²) in [7, 11) is 5.41. The Morgan fingerprint density at radius 1 is 1.05 bits per heavy atom. The van der Waals surface area contributed by atoms with Gasteiger partial charge in [-0.15, -0.1) is 0 Å². The van der Waals surface area contributed by atoms with Gasteiger partial charge in [-0.05, 0) is 25.2 Å². The first-order valence-corrected chi connectivity index (χ1v) is 6.76. The number of rotatable bonds is 3. The minimum atomic E-state index is 0.719. The number of benzene rings is 1. The fraction of sp³-hybridized carbons (Fsp3) is 0.500. The Balaban J connectivity index is 2.15. The number of nitrogens with zero attached hydrogens (tertiary/aromatic N) is 2. The van der Waals surface area contributed by atoms with Crippen molar-refractivity contribution >= 4 is 17.2 Å². The van der Waals surface area contributed by atoms with E-state index in [0.717, 1.165) is 48.2 Å². The summed E-state index contributed by atoms with van der Waals surface area (Å²) < 4.78 is 10.6. The molecule has 0 aromatic heterocycles. The standard InChI is InChI=1S/C14H20N2O2S/c1-15-6-8-16(9-7-15)14(19)11-4-5-12(17-2)13(10-11)18-3/h4-5,10H,6-9H2,1-3H3. The Morgan fingerprint density at radius 3 is 2.26 bits per heavy atom. The predicted octanol–water partition coefficient (Wildman–Crippen LogP) is 1.63. The zero-order valence-corrected chi connectivity index (χ0v) is 12.5. The molecular formula is C14H20N2O2S. The van der Waals surface area contributed by atoms with Gasteiger partial charge in [0.1, 0.15) is 4.99 Å². The topological polar surface area (TPSA) is 24.9 Å². The summed E-state index contributed by atoms with van der Waals surface area (Å²) in [5.74, 6) is 1.45. The van der Waals surface area contributed by atoms with Gasteiger partial charge in [0.05, 0.1) is 14.2 Å². The lowest BCUT2D eigenvalue weighted by molar-refractivity contribution is 0.218. The summed E-state index contributed by atoms with van der Waals surface area (Å²) in [6.07, 6.45) is 0. The van der Waals surface area contributed by atoms with Crippen LogP contribution in [0.3, 0.4) is 0 Å². The van der Waals surface area contributed by atoms with Gasteiger partial charge in [0.2, 0.25) is 0 Å². The van der Waals surface area contributed by atoms with Gasteiger partial charge < -0.3 is 19.3 Å². The molecule has 1 heterocycles. The fourth-order valence-corrected chi connectivity index (χ4v) is 2.47. The van der Waals surface area contributed by atoms with Crippen LogP contribution in [0.25, 0.3) is 0 Å². The zero-order chi connectivity index (χ0) is 13.8. The van der Waals surface area contributed by atoms with Gasteiger partial charge in [-0.25, -0.2) is 0 Å². The maximum Gasteiger partial charge on any atom is 0.161 e. The molecule has 0 unspecified atom stereocenters. The molecule has 0 N–H and O–H groups in total. The van der Waals surface area contributed by atoms with Crippen molar-refractivity contribution in [1.82, 2.24) is 9.80 Å². The lowest BCUT2D eigenvalue weighted by Crippen LogP contribution is -2.46. The minimum Gasteiger partial charge on any atom is -0.493 e. The first kappa shape index (κ1) is 14.1. The minimum absolute atomic E-state index is 0.719. The molecule has 0 radical (unpaired) electrons. The first-order chi connectivity index (χ1) is 9.15. The van der Waals surface area contributed by atoms with Crippen LogP contribution in [-0.2, 0) is 0 Å². The van der Waals surface area contributed by atoms with E-state index in [9.17, 15) is 0 Å². The number of likely N-dealkylation sites (N-methyl/N-ethyl adjacent to an activating group) is 1. The van der Waals surface area contributed by atoms with E-state index in [4.69, 9.17) is 21.7 Å². The van der Waals surface area contributed by atoms with E-state index in [1.807, 2.05) is 18.2 Å². The second-order valence-electron chi connectivity index (χ2n) is 4.67. The molecule has 0 saturated carbocycles. The van der Waals surface area contributed by atoms with Gasteiger partial charge in [0.15, 0.2) is 11.5 Å². The lowest BCUT2D eigenvalue weighted by Gasteiger charge is -2.34. The number of ether oxygens (including phenoxy) is 2. The van der Waals surface area contributed by atoms with Crippen LogP contribution in [0.2, 0.25) is 0 Å². The van der Waals surface area contributed by atoms with Crippen molar-refractivity contribution < 1.29 is 9.47 Å². The molecule has 0 atom stereocenters. The van der Waals surface area contributed by atoms with E-state index in [-0.39, 0.29) is 0 Å². The van der Waals surface area contributed by atoms with Crippen molar-refractivity contribution in [3.63, 3.8) is 0 Å². The van der Waals surface area contributed by atoms with Gasteiger partial charge in [0.25, 0.3) is 0 Å². The molecule has 2 rings (SSSR count). The van der Waals surface area contributed by atoms with Gasteiger partial charge in [-0.2, -0.15) is 0 Å². The maximum absolute atomic E-state index is 5.58. The number of thiocarbonyl (C=S) groups is 1. The number of hydrogen-bond acceptors (Lipinski definition) is 4. The second-order valence-corrected chi connectivity index (χ2v) is 5.05. The van der Waals surface area contributed by atoms with E-state index in [0.29, 0.717) is 0 Å². The molecule has 1 fully saturated rings. The van der Waals surface area contributed by atoms with Crippen molar-refractivity contribution in [2.75, 3.05) is 47.4 Å². The smallest absolute Gasteiger partial charge is 0.161 e. The molecule has 1 aromatic carbocycles. The molecule has 0 aliphatic carbocycles. The quantitative estimate of drug-likeness (QED) is 0.784. The molecule has 104 valence electrons.